The van der Waals surface area contributed by atoms with Gasteiger partial charge < -0.3 is 21.1 Å². The monoisotopic (exact) mass is 357 g/mol. The first-order valence-electron chi connectivity index (χ1n) is 7.69. The number of anilines is 1. The van der Waals surface area contributed by atoms with Gasteiger partial charge >= 0.3 is 0 Å². The largest absolute Gasteiger partial charge is 0.496 e. The molecule has 0 aliphatic carbocycles. The summed E-state index contributed by atoms with van der Waals surface area (Å²) in [5, 5.41) is 6.76. The SMILES string of the molecule is CNC1(CCNC(=O)c2cc(Cl)c(N)cc2OC)CCSCC1. The maximum absolute atomic E-state index is 12.4. The molecule has 1 aromatic carbocycles. The van der Waals surface area contributed by atoms with Crippen LogP contribution in [0.4, 0.5) is 5.69 Å². The van der Waals surface area contributed by atoms with Crippen LogP contribution in [0.2, 0.25) is 5.02 Å². The number of carbonyl (C=O) groups excluding carboxylic acids is 1. The average molecular weight is 358 g/mol. The predicted octanol–water partition coefficient (Wildman–Crippen LogP) is 2.54. The molecule has 1 aliphatic rings. The van der Waals surface area contributed by atoms with E-state index in [1.54, 1.807) is 12.1 Å². The minimum Gasteiger partial charge on any atom is -0.496 e. The summed E-state index contributed by atoms with van der Waals surface area (Å²) in [5.74, 6) is 2.56. The zero-order valence-corrected chi connectivity index (χ0v) is 15.1. The molecule has 1 fully saturated rings. The third kappa shape index (κ3) is 4.46. The van der Waals surface area contributed by atoms with Gasteiger partial charge in [0, 0.05) is 18.2 Å². The smallest absolute Gasteiger partial charge is 0.255 e. The molecule has 0 aromatic heterocycles. The highest BCUT2D eigenvalue weighted by Crippen LogP contribution is 2.30. The number of ether oxygens (including phenoxy) is 1. The van der Waals surface area contributed by atoms with Gasteiger partial charge in [-0.2, -0.15) is 11.8 Å². The molecule has 23 heavy (non-hydrogen) atoms. The van der Waals surface area contributed by atoms with Crippen LogP contribution in [-0.4, -0.2) is 43.7 Å². The Morgan fingerprint density at radius 1 is 1.43 bits per heavy atom. The fourth-order valence-electron chi connectivity index (χ4n) is 2.81. The van der Waals surface area contributed by atoms with Crippen LogP contribution in [-0.2, 0) is 0 Å². The normalized spacial score (nSPS) is 16.8. The van der Waals surface area contributed by atoms with Crippen LogP contribution in [0.1, 0.15) is 29.6 Å². The van der Waals surface area contributed by atoms with Gasteiger partial charge in [-0.25, -0.2) is 0 Å². The van der Waals surface area contributed by atoms with E-state index in [2.05, 4.69) is 10.6 Å². The Hall–Kier alpha value is -1.11. The predicted molar refractivity (Wildman–Crippen MR) is 97.7 cm³/mol. The van der Waals surface area contributed by atoms with E-state index in [4.69, 9.17) is 22.1 Å². The number of hydrogen-bond acceptors (Lipinski definition) is 5. The van der Waals surface area contributed by atoms with Crippen molar-refractivity contribution >= 4 is 35.0 Å². The van der Waals surface area contributed by atoms with Crippen molar-refractivity contribution in [2.75, 3.05) is 37.9 Å². The minimum atomic E-state index is -0.194. The van der Waals surface area contributed by atoms with Crippen molar-refractivity contribution in [1.29, 1.82) is 0 Å². The number of methoxy groups -OCH3 is 1. The molecule has 2 rings (SSSR count). The topological polar surface area (TPSA) is 76.4 Å². The molecule has 7 heteroatoms. The van der Waals surface area contributed by atoms with Crippen LogP contribution in [0.5, 0.6) is 5.75 Å². The molecule has 1 aliphatic heterocycles. The van der Waals surface area contributed by atoms with Gasteiger partial charge in [0.1, 0.15) is 5.75 Å². The summed E-state index contributed by atoms with van der Waals surface area (Å²) in [6.45, 7) is 0.607. The molecule has 0 saturated carbocycles. The number of nitrogens with two attached hydrogens (primary N) is 1. The van der Waals surface area contributed by atoms with Crippen molar-refractivity contribution in [3.63, 3.8) is 0 Å². The molecule has 0 bridgehead atoms. The second-order valence-corrected chi connectivity index (χ2v) is 7.35. The summed E-state index contributed by atoms with van der Waals surface area (Å²) in [4.78, 5) is 12.4. The summed E-state index contributed by atoms with van der Waals surface area (Å²) in [6, 6.07) is 3.13. The molecule has 0 spiro atoms. The lowest BCUT2D eigenvalue weighted by molar-refractivity contribution is 0.0946. The van der Waals surface area contributed by atoms with Crippen LogP contribution in [0.3, 0.4) is 0 Å². The standard InChI is InChI=1S/C16H24ClN3O2S/c1-19-16(4-7-23-8-5-16)3-6-20-15(21)11-9-12(17)13(18)10-14(11)22-2/h9-10,19H,3-8,18H2,1-2H3,(H,20,21). The molecule has 0 radical (unpaired) electrons. The Morgan fingerprint density at radius 3 is 2.74 bits per heavy atom. The van der Waals surface area contributed by atoms with Gasteiger partial charge in [-0.05, 0) is 43.9 Å². The molecule has 5 nitrogen and oxygen atoms in total. The van der Waals surface area contributed by atoms with E-state index in [0.717, 1.165) is 30.8 Å². The summed E-state index contributed by atoms with van der Waals surface area (Å²) >= 11 is 8.00. The highest BCUT2D eigenvalue weighted by Gasteiger charge is 2.30. The molecule has 1 aromatic rings. The number of halogens is 1. The molecule has 0 atom stereocenters. The van der Waals surface area contributed by atoms with Crippen LogP contribution < -0.4 is 21.1 Å². The molecular weight excluding hydrogens is 334 g/mol. The number of hydrogen-bond donors (Lipinski definition) is 3. The van der Waals surface area contributed by atoms with Gasteiger partial charge in [-0.3, -0.25) is 4.79 Å². The quantitative estimate of drug-likeness (QED) is 0.682. The fraction of sp³-hybridized carbons (Fsp3) is 0.562. The first kappa shape index (κ1) is 18.2. The molecule has 0 unspecified atom stereocenters. The number of carbonyl (C=O) groups is 1. The van der Waals surface area contributed by atoms with Crippen LogP contribution in [0, 0.1) is 0 Å². The first-order valence-corrected chi connectivity index (χ1v) is 9.22. The van der Waals surface area contributed by atoms with Gasteiger partial charge in [0.25, 0.3) is 5.91 Å². The number of amides is 1. The number of rotatable bonds is 6. The van der Waals surface area contributed by atoms with E-state index < -0.39 is 0 Å². The lowest BCUT2D eigenvalue weighted by Gasteiger charge is -2.37. The third-order valence-electron chi connectivity index (χ3n) is 4.43. The zero-order chi connectivity index (χ0) is 16.9. The molecule has 128 valence electrons. The minimum absolute atomic E-state index is 0.126. The zero-order valence-electron chi connectivity index (χ0n) is 13.6. The Balaban J connectivity index is 1.98. The first-order chi connectivity index (χ1) is 11.0. The summed E-state index contributed by atoms with van der Waals surface area (Å²) in [5.41, 5.74) is 6.67. The van der Waals surface area contributed by atoms with Crippen molar-refractivity contribution in [2.45, 2.75) is 24.8 Å². The van der Waals surface area contributed by atoms with Gasteiger partial charge in [0.05, 0.1) is 23.4 Å². The van der Waals surface area contributed by atoms with Crippen molar-refractivity contribution in [1.82, 2.24) is 10.6 Å². The van der Waals surface area contributed by atoms with Crippen molar-refractivity contribution in [3.05, 3.63) is 22.7 Å². The third-order valence-corrected chi connectivity index (χ3v) is 5.75. The highest BCUT2D eigenvalue weighted by atomic mass is 35.5. The second kappa shape index (κ2) is 8.13. The summed E-state index contributed by atoms with van der Waals surface area (Å²) < 4.78 is 5.23. The van der Waals surface area contributed by atoms with E-state index in [1.807, 2.05) is 18.8 Å². The Bertz CT molecular complexity index is 563. The van der Waals surface area contributed by atoms with Crippen LogP contribution in [0.15, 0.2) is 12.1 Å². The second-order valence-electron chi connectivity index (χ2n) is 5.72. The van der Waals surface area contributed by atoms with Crippen molar-refractivity contribution in [3.8, 4) is 5.75 Å². The molecular formula is C16H24ClN3O2S. The molecule has 1 heterocycles. The Kier molecular flexibility index (Phi) is 6.44. The van der Waals surface area contributed by atoms with Crippen molar-refractivity contribution in [2.24, 2.45) is 0 Å². The van der Waals surface area contributed by atoms with E-state index >= 15 is 0 Å². The molecule has 4 N–H and O–H groups in total. The lowest BCUT2D eigenvalue weighted by atomic mass is 9.88. The lowest BCUT2D eigenvalue weighted by Crippen LogP contribution is -2.48. The van der Waals surface area contributed by atoms with E-state index in [1.165, 1.54) is 7.11 Å². The summed E-state index contributed by atoms with van der Waals surface area (Å²) in [6.07, 6.45) is 3.16. The number of nitrogens with one attached hydrogen (secondary N) is 2. The Labute approximate surface area is 146 Å². The number of thioether (sulfide) groups is 1. The van der Waals surface area contributed by atoms with E-state index in [-0.39, 0.29) is 11.4 Å². The van der Waals surface area contributed by atoms with Gasteiger partial charge in [0.15, 0.2) is 0 Å². The number of nitrogen functional groups attached to an aromatic ring is 1. The van der Waals surface area contributed by atoms with Crippen LogP contribution in [0.25, 0.3) is 0 Å². The van der Waals surface area contributed by atoms with Gasteiger partial charge in [0.2, 0.25) is 0 Å². The Morgan fingerprint density at radius 2 is 2.13 bits per heavy atom. The summed E-state index contributed by atoms with van der Waals surface area (Å²) in [7, 11) is 3.51. The molecule has 1 amide bonds. The number of benzene rings is 1. The maximum atomic E-state index is 12.4. The van der Waals surface area contributed by atoms with Gasteiger partial charge in [-0.1, -0.05) is 11.6 Å². The van der Waals surface area contributed by atoms with Gasteiger partial charge in [-0.15, -0.1) is 0 Å². The fourth-order valence-corrected chi connectivity index (χ4v) is 4.25. The maximum Gasteiger partial charge on any atom is 0.255 e. The van der Waals surface area contributed by atoms with Crippen LogP contribution >= 0.6 is 23.4 Å². The van der Waals surface area contributed by atoms with E-state index in [9.17, 15) is 4.79 Å². The highest BCUT2D eigenvalue weighted by molar-refractivity contribution is 7.99. The van der Waals surface area contributed by atoms with E-state index in [0.29, 0.717) is 28.6 Å². The average Bonchev–Trinajstić information content (AvgIpc) is 2.57. The molecule has 1 saturated heterocycles. The van der Waals surface area contributed by atoms with Crippen molar-refractivity contribution < 1.29 is 9.53 Å².